The van der Waals surface area contributed by atoms with Gasteiger partial charge in [0.05, 0.1) is 5.52 Å². The summed E-state index contributed by atoms with van der Waals surface area (Å²) in [4.78, 5) is 32.2. The topological polar surface area (TPSA) is 71.6 Å². The molecule has 1 saturated heterocycles. The van der Waals surface area contributed by atoms with Crippen molar-refractivity contribution in [3.8, 4) is 0 Å². The van der Waals surface area contributed by atoms with E-state index in [1.165, 1.54) is 19.3 Å². The van der Waals surface area contributed by atoms with E-state index < -0.39 is 0 Å². The van der Waals surface area contributed by atoms with Gasteiger partial charge in [-0.25, -0.2) is 4.98 Å². The van der Waals surface area contributed by atoms with Gasteiger partial charge in [-0.15, -0.1) is 0 Å². The third kappa shape index (κ3) is 4.12. The Balaban J connectivity index is 1.34. The van der Waals surface area contributed by atoms with E-state index in [2.05, 4.69) is 29.0 Å². The maximum absolute atomic E-state index is 12.9. The smallest absolute Gasteiger partial charge is 0.276 e. The van der Waals surface area contributed by atoms with Crippen molar-refractivity contribution in [2.45, 2.75) is 64.6 Å². The van der Waals surface area contributed by atoms with E-state index in [9.17, 15) is 9.59 Å². The summed E-state index contributed by atoms with van der Waals surface area (Å²) in [6, 6.07) is 8.70. The molecule has 0 aromatic carbocycles. The fraction of sp³-hybridized carbons (Fsp3) is 0.522. The van der Waals surface area contributed by atoms with E-state index in [1.54, 1.807) is 16.8 Å². The number of fused-ring (bicyclic) bond motifs is 3. The summed E-state index contributed by atoms with van der Waals surface area (Å²) in [7, 11) is 0. The van der Waals surface area contributed by atoms with Crippen molar-refractivity contribution in [1.29, 1.82) is 0 Å². The van der Waals surface area contributed by atoms with Crippen LogP contribution in [0.1, 0.15) is 46.0 Å². The van der Waals surface area contributed by atoms with Gasteiger partial charge in [-0.2, -0.15) is 0 Å². The third-order valence-corrected chi connectivity index (χ3v) is 6.35. The largest absolute Gasteiger partial charge is 0.356 e. The van der Waals surface area contributed by atoms with Gasteiger partial charge in [0, 0.05) is 50.5 Å². The van der Waals surface area contributed by atoms with E-state index in [0.29, 0.717) is 36.3 Å². The maximum atomic E-state index is 12.9. The fourth-order valence-electron chi connectivity index (χ4n) is 4.70. The number of aryl methyl sites for hydroxylation is 1. The van der Waals surface area contributed by atoms with Crippen LogP contribution >= 0.6 is 0 Å². The van der Waals surface area contributed by atoms with Gasteiger partial charge < -0.3 is 9.72 Å². The summed E-state index contributed by atoms with van der Waals surface area (Å²) < 4.78 is 3.46. The molecule has 0 spiro atoms. The Morgan fingerprint density at radius 2 is 1.90 bits per heavy atom. The van der Waals surface area contributed by atoms with Crippen LogP contribution < -0.4 is 10.9 Å². The molecule has 1 aliphatic rings. The Bertz CT molecular complexity index is 1080. The Kier molecular flexibility index (Phi) is 6.18. The monoisotopic (exact) mass is 409 g/mol. The van der Waals surface area contributed by atoms with Gasteiger partial charge in [-0.3, -0.25) is 19.1 Å². The van der Waals surface area contributed by atoms with Crippen LogP contribution in [0.25, 0.3) is 16.7 Å². The number of hydrogen-bond acceptors (Lipinski definition) is 4. The van der Waals surface area contributed by atoms with Crippen molar-refractivity contribution in [3.63, 3.8) is 0 Å². The van der Waals surface area contributed by atoms with Gasteiger partial charge in [0.1, 0.15) is 5.52 Å². The predicted molar refractivity (Wildman–Crippen MR) is 119 cm³/mol. The van der Waals surface area contributed by atoms with Crippen LogP contribution in [0.5, 0.6) is 0 Å². The van der Waals surface area contributed by atoms with E-state index in [-0.39, 0.29) is 17.9 Å². The van der Waals surface area contributed by atoms with Crippen molar-refractivity contribution in [2.75, 3.05) is 13.1 Å². The molecule has 1 aliphatic heterocycles. The lowest BCUT2D eigenvalue weighted by Gasteiger charge is -2.39. The lowest BCUT2D eigenvalue weighted by Crippen LogP contribution is -2.44. The zero-order valence-electron chi connectivity index (χ0n) is 17.9. The molecule has 3 aromatic rings. The molecule has 0 bridgehead atoms. The number of nitrogens with one attached hydrogen (secondary N) is 1. The molecule has 4 heterocycles. The number of likely N-dealkylation sites (tertiary alicyclic amines) is 1. The standard InChI is InChI=1S/C23H31N5O2/c1-17-7-3-8-18(2)26(17)15-6-13-24-21(29)11-16-28-22-19(9-4-12-25-22)27-14-5-10-20(27)23(28)30/h4-5,9-10,12,14,17-18H,3,6-8,11,13,15-16H2,1-2H3,(H,24,29)/t17-,18-/m1/s1. The zero-order chi connectivity index (χ0) is 21.1. The number of hydrogen-bond donors (Lipinski definition) is 1. The van der Waals surface area contributed by atoms with Gasteiger partial charge >= 0.3 is 0 Å². The summed E-state index contributed by atoms with van der Waals surface area (Å²) in [5, 5.41) is 3.02. The Labute approximate surface area is 176 Å². The molecule has 160 valence electrons. The molecule has 7 heteroatoms. The van der Waals surface area contributed by atoms with Crippen molar-refractivity contribution in [3.05, 3.63) is 47.0 Å². The Morgan fingerprint density at radius 3 is 2.70 bits per heavy atom. The second kappa shape index (κ2) is 9.00. The molecule has 0 radical (unpaired) electrons. The van der Waals surface area contributed by atoms with Crippen LogP contribution in [0.15, 0.2) is 41.5 Å². The molecule has 4 rings (SSSR count). The molecule has 0 aliphatic carbocycles. The number of pyridine rings is 1. The lowest BCUT2D eigenvalue weighted by atomic mass is 9.97. The number of carbonyl (C=O) groups is 1. The molecular weight excluding hydrogens is 378 g/mol. The van der Waals surface area contributed by atoms with E-state index in [1.807, 2.05) is 28.8 Å². The van der Waals surface area contributed by atoms with Gasteiger partial charge in [-0.1, -0.05) is 6.42 Å². The molecule has 1 amide bonds. The molecule has 0 unspecified atom stereocenters. The summed E-state index contributed by atoms with van der Waals surface area (Å²) in [5.74, 6) is -0.0269. The van der Waals surface area contributed by atoms with Gasteiger partial charge in [0.2, 0.25) is 5.91 Å². The lowest BCUT2D eigenvalue weighted by molar-refractivity contribution is -0.121. The van der Waals surface area contributed by atoms with Gasteiger partial charge in [0.15, 0.2) is 5.65 Å². The second-order valence-corrected chi connectivity index (χ2v) is 8.39. The quantitative estimate of drug-likeness (QED) is 0.609. The Morgan fingerprint density at radius 1 is 1.13 bits per heavy atom. The van der Waals surface area contributed by atoms with Crippen LogP contribution in [-0.2, 0) is 11.3 Å². The molecule has 2 atom stereocenters. The van der Waals surface area contributed by atoms with E-state index in [4.69, 9.17) is 0 Å². The average molecular weight is 410 g/mol. The highest BCUT2D eigenvalue weighted by atomic mass is 16.2. The molecule has 30 heavy (non-hydrogen) atoms. The van der Waals surface area contributed by atoms with Crippen molar-refractivity contribution >= 4 is 22.6 Å². The number of rotatable bonds is 7. The van der Waals surface area contributed by atoms with Crippen LogP contribution in [0.2, 0.25) is 0 Å². The highest BCUT2D eigenvalue weighted by molar-refractivity contribution is 5.77. The van der Waals surface area contributed by atoms with Crippen molar-refractivity contribution < 1.29 is 4.79 Å². The van der Waals surface area contributed by atoms with E-state index in [0.717, 1.165) is 18.5 Å². The highest BCUT2D eigenvalue weighted by Gasteiger charge is 2.23. The predicted octanol–water partition coefficient (Wildman–Crippen LogP) is 2.81. The van der Waals surface area contributed by atoms with Crippen LogP contribution in [0.4, 0.5) is 0 Å². The molecule has 3 aromatic heterocycles. The van der Waals surface area contributed by atoms with Crippen LogP contribution in [0, 0.1) is 0 Å². The number of amides is 1. The van der Waals surface area contributed by atoms with Gasteiger partial charge in [-0.05, 0) is 57.4 Å². The number of carbonyl (C=O) groups excluding carboxylic acids is 1. The van der Waals surface area contributed by atoms with Crippen molar-refractivity contribution in [1.82, 2.24) is 24.2 Å². The average Bonchev–Trinajstić information content (AvgIpc) is 3.23. The first-order valence-electron chi connectivity index (χ1n) is 11.0. The maximum Gasteiger partial charge on any atom is 0.276 e. The SMILES string of the molecule is C[C@@H]1CCC[C@@H](C)N1CCCNC(=O)CCn1c(=O)c2cccn2c2cccnc21. The summed E-state index contributed by atoms with van der Waals surface area (Å²) >= 11 is 0. The highest BCUT2D eigenvalue weighted by Crippen LogP contribution is 2.22. The van der Waals surface area contributed by atoms with Crippen LogP contribution in [-0.4, -0.2) is 49.9 Å². The first-order chi connectivity index (χ1) is 14.6. The minimum atomic E-state index is -0.118. The third-order valence-electron chi connectivity index (χ3n) is 6.35. The molecule has 7 nitrogen and oxygen atoms in total. The normalized spacial score (nSPS) is 20.1. The van der Waals surface area contributed by atoms with Gasteiger partial charge in [0.25, 0.3) is 5.56 Å². The van der Waals surface area contributed by atoms with Crippen molar-refractivity contribution in [2.24, 2.45) is 0 Å². The summed E-state index contributed by atoms with van der Waals surface area (Å²) in [6.07, 6.45) is 8.59. The minimum absolute atomic E-state index is 0.0269. The van der Waals surface area contributed by atoms with Crippen LogP contribution in [0.3, 0.4) is 0 Å². The second-order valence-electron chi connectivity index (χ2n) is 8.39. The number of nitrogens with zero attached hydrogens (tertiary/aromatic N) is 4. The Hall–Kier alpha value is -2.67. The molecular formula is C23H31N5O2. The molecule has 0 saturated carbocycles. The first-order valence-corrected chi connectivity index (χ1v) is 11.0. The number of piperidine rings is 1. The zero-order valence-corrected chi connectivity index (χ0v) is 17.9. The first kappa shape index (κ1) is 20.6. The molecule has 1 fully saturated rings. The number of aromatic nitrogens is 3. The summed E-state index contributed by atoms with van der Waals surface area (Å²) in [6.45, 7) is 6.60. The van der Waals surface area contributed by atoms with E-state index >= 15 is 0 Å². The molecule has 1 N–H and O–H groups in total. The summed E-state index contributed by atoms with van der Waals surface area (Å²) in [5.41, 5.74) is 1.95. The minimum Gasteiger partial charge on any atom is -0.356 e. The fourth-order valence-corrected chi connectivity index (χ4v) is 4.70.